The van der Waals surface area contributed by atoms with Crippen LogP contribution in [0.15, 0.2) is 47.5 Å². The number of aryl methyl sites for hydroxylation is 1. The number of anilines is 2. The zero-order chi connectivity index (χ0) is 17.6. The molecule has 0 bridgehead atoms. The lowest BCUT2D eigenvalue weighted by atomic mass is 10.0. The third kappa shape index (κ3) is 2.47. The van der Waals surface area contributed by atoms with Crippen molar-refractivity contribution in [2.45, 2.75) is 11.3 Å². The molecule has 1 aromatic heterocycles. The minimum atomic E-state index is -3.29. The van der Waals surface area contributed by atoms with E-state index in [1.807, 2.05) is 0 Å². The average Bonchev–Trinajstić information content (AvgIpc) is 2.90. The van der Waals surface area contributed by atoms with E-state index in [-0.39, 0.29) is 11.5 Å². The van der Waals surface area contributed by atoms with Gasteiger partial charge in [-0.2, -0.15) is 5.26 Å². The van der Waals surface area contributed by atoms with Gasteiger partial charge < -0.3 is 10.4 Å². The Kier molecular flexibility index (Phi) is 3.37. The second-order valence-electron chi connectivity index (χ2n) is 5.84. The molecule has 25 heavy (non-hydrogen) atoms. The van der Waals surface area contributed by atoms with E-state index >= 15 is 0 Å². The predicted molar refractivity (Wildman–Crippen MR) is 93.6 cm³/mol. The second-order valence-corrected chi connectivity index (χ2v) is 7.92. The Labute approximate surface area is 144 Å². The van der Waals surface area contributed by atoms with E-state index in [2.05, 4.69) is 16.4 Å². The van der Waals surface area contributed by atoms with Gasteiger partial charge in [0.25, 0.3) is 0 Å². The van der Waals surface area contributed by atoms with Gasteiger partial charge in [-0.05, 0) is 36.2 Å². The number of phenolic OH excluding ortho intramolecular Hbond substituents is 1. The lowest BCUT2D eigenvalue weighted by Crippen LogP contribution is -2.00. The molecule has 0 saturated carbocycles. The molecule has 124 valence electrons. The molecular formula is C18H13N3O3S. The van der Waals surface area contributed by atoms with Crippen molar-refractivity contribution in [1.82, 2.24) is 4.98 Å². The summed E-state index contributed by atoms with van der Waals surface area (Å²) in [6, 6.07) is 11.9. The standard InChI is InChI=1S/C18H13N3O3S/c19-9-11-10-20-15-4-5-16-14(6-7-25(16,23)24)17(15)18(11)21-12-2-1-3-13(22)8-12/h1-5,8,10,22H,6-7H2,(H,20,21). The maximum Gasteiger partial charge on any atom is 0.179 e. The van der Waals surface area contributed by atoms with Crippen LogP contribution in [0, 0.1) is 11.3 Å². The van der Waals surface area contributed by atoms with Gasteiger partial charge in [0.15, 0.2) is 9.84 Å². The van der Waals surface area contributed by atoms with E-state index in [0.29, 0.717) is 44.7 Å². The van der Waals surface area contributed by atoms with Gasteiger partial charge in [0.05, 0.1) is 27.4 Å². The molecule has 6 nitrogen and oxygen atoms in total. The molecule has 0 aliphatic carbocycles. The lowest BCUT2D eigenvalue weighted by Gasteiger charge is -2.14. The monoisotopic (exact) mass is 351 g/mol. The van der Waals surface area contributed by atoms with E-state index in [0.717, 1.165) is 0 Å². The molecular weight excluding hydrogens is 338 g/mol. The summed E-state index contributed by atoms with van der Waals surface area (Å²) in [4.78, 5) is 4.59. The maximum absolute atomic E-state index is 12.2. The number of hydrogen-bond acceptors (Lipinski definition) is 6. The fourth-order valence-corrected chi connectivity index (χ4v) is 4.71. The predicted octanol–water partition coefficient (Wildman–Crippen LogP) is 2.89. The minimum Gasteiger partial charge on any atom is -0.508 e. The zero-order valence-corrected chi connectivity index (χ0v) is 13.8. The number of nitrogens with one attached hydrogen (secondary N) is 1. The SMILES string of the molecule is N#Cc1cnc2ccc3c(c2c1Nc1cccc(O)c1)CCS3(=O)=O. The third-order valence-corrected chi connectivity index (χ3v) is 6.09. The highest BCUT2D eigenvalue weighted by molar-refractivity contribution is 7.91. The van der Waals surface area contributed by atoms with Crippen molar-refractivity contribution in [3.05, 3.63) is 53.7 Å². The van der Waals surface area contributed by atoms with Gasteiger partial charge in [0, 0.05) is 23.3 Å². The number of nitriles is 1. The summed E-state index contributed by atoms with van der Waals surface area (Å²) >= 11 is 0. The first-order valence-corrected chi connectivity index (χ1v) is 9.28. The number of hydrogen-bond donors (Lipinski definition) is 2. The molecule has 0 spiro atoms. The van der Waals surface area contributed by atoms with Crippen LogP contribution in [0.25, 0.3) is 10.9 Å². The van der Waals surface area contributed by atoms with Gasteiger partial charge in [-0.15, -0.1) is 0 Å². The smallest absolute Gasteiger partial charge is 0.179 e. The highest BCUT2D eigenvalue weighted by Gasteiger charge is 2.29. The number of nitrogens with zero attached hydrogens (tertiary/aromatic N) is 2. The van der Waals surface area contributed by atoms with Gasteiger partial charge in [0.2, 0.25) is 0 Å². The Morgan fingerprint density at radius 1 is 1.24 bits per heavy atom. The van der Waals surface area contributed by atoms with Crippen LogP contribution in [0.2, 0.25) is 0 Å². The lowest BCUT2D eigenvalue weighted by molar-refractivity contribution is 0.475. The van der Waals surface area contributed by atoms with Gasteiger partial charge in [-0.1, -0.05) is 6.07 Å². The summed E-state index contributed by atoms with van der Waals surface area (Å²) < 4.78 is 24.5. The molecule has 4 rings (SSSR count). The van der Waals surface area contributed by atoms with Crippen LogP contribution in [0.5, 0.6) is 5.75 Å². The van der Waals surface area contributed by atoms with Crippen LogP contribution in [-0.2, 0) is 16.3 Å². The molecule has 0 atom stereocenters. The maximum atomic E-state index is 12.2. The van der Waals surface area contributed by atoms with Gasteiger partial charge in [-0.3, -0.25) is 4.98 Å². The zero-order valence-electron chi connectivity index (χ0n) is 13.0. The van der Waals surface area contributed by atoms with Crippen LogP contribution in [0.4, 0.5) is 11.4 Å². The van der Waals surface area contributed by atoms with Crippen molar-refractivity contribution in [1.29, 1.82) is 5.26 Å². The van der Waals surface area contributed by atoms with Crippen LogP contribution in [0.3, 0.4) is 0 Å². The van der Waals surface area contributed by atoms with Crippen molar-refractivity contribution >= 4 is 32.1 Å². The fraction of sp³-hybridized carbons (Fsp3) is 0.111. The van der Waals surface area contributed by atoms with Crippen molar-refractivity contribution in [2.75, 3.05) is 11.1 Å². The van der Waals surface area contributed by atoms with Crippen LogP contribution >= 0.6 is 0 Å². The van der Waals surface area contributed by atoms with Gasteiger partial charge in [-0.25, -0.2) is 8.42 Å². The van der Waals surface area contributed by atoms with Gasteiger partial charge in [0.1, 0.15) is 11.8 Å². The Morgan fingerprint density at radius 2 is 2.08 bits per heavy atom. The van der Waals surface area contributed by atoms with Crippen LogP contribution < -0.4 is 5.32 Å². The number of fused-ring (bicyclic) bond motifs is 3. The molecule has 0 amide bonds. The molecule has 0 fully saturated rings. The number of rotatable bonds is 2. The van der Waals surface area contributed by atoms with Crippen LogP contribution in [0.1, 0.15) is 11.1 Å². The topological polar surface area (TPSA) is 103 Å². The van der Waals surface area contributed by atoms with E-state index in [9.17, 15) is 18.8 Å². The number of pyridine rings is 1. The molecule has 1 aliphatic heterocycles. The molecule has 0 saturated heterocycles. The van der Waals surface area contributed by atoms with E-state index in [1.54, 1.807) is 30.3 Å². The summed E-state index contributed by atoms with van der Waals surface area (Å²) in [5.41, 5.74) is 2.73. The second kappa shape index (κ2) is 5.46. The molecule has 2 aromatic carbocycles. The number of benzene rings is 2. The first-order chi connectivity index (χ1) is 12.0. The first-order valence-electron chi connectivity index (χ1n) is 7.63. The summed E-state index contributed by atoms with van der Waals surface area (Å²) in [7, 11) is -3.29. The number of phenols is 1. The number of aromatic hydroxyl groups is 1. The molecule has 0 radical (unpaired) electrons. The van der Waals surface area contributed by atoms with E-state index in [4.69, 9.17) is 0 Å². The van der Waals surface area contributed by atoms with Crippen LogP contribution in [-0.4, -0.2) is 24.3 Å². The number of aromatic nitrogens is 1. The number of sulfone groups is 1. The average molecular weight is 351 g/mol. The summed E-state index contributed by atoms with van der Waals surface area (Å²) in [6.07, 6.45) is 1.85. The molecule has 3 aromatic rings. The fourth-order valence-electron chi connectivity index (χ4n) is 3.16. The molecule has 7 heteroatoms. The Hall–Kier alpha value is -3.11. The molecule has 2 N–H and O–H groups in total. The van der Waals surface area contributed by atoms with Gasteiger partial charge >= 0.3 is 0 Å². The quantitative estimate of drug-likeness (QED) is 0.736. The summed E-state index contributed by atoms with van der Waals surface area (Å²) in [6.45, 7) is 0. The highest BCUT2D eigenvalue weighted by atomic mass is 32.2. The molecule has 1 aliphatic rings. The Morgan fingerprint density at radius 3 is 2.84 bits per heavy atom. The van der Waals surface area contributed by atoms with E-state index < -0.39 is 9.84 Å². The largest absolute Gasteiger partial charge is 0.508 e. The van der Waals surface area contributed by atoms with E-state index in [1.165, 1.54) is 12.3 Å². The molecule has 2 heterocycles. The minimum absolute atomic E-state index is 0.0593. The highest BCUT2D eigenvalue weighted by Crippen LogP contribution is 2.38. The first kappa shape index (κ1) is 15.4. The summed E-state index contributed by atoms with van der Waals surface area (Å²) in [5, 5.41) is 22.9. The van der Waals surface area contributed by atoms with Crippen molar-refractivity contribution in [2.24, 2.45) is 0 Å². The normalized spacial score (nSPS) is 14.8. The molecule has 0 unspecified atom stereocenters. The summed E-state index contributed by atoms with van der Waals surface area (Å²) in [5.74, 6) is 0.152. The Bertz CT molecular complexity index is 1160. The third-order valence-electron chi connectivity index (χ3n) is 4.29. The van der Waals surface area contributed by atoms with Crippen molar-refractivity contribution in [3.63, 3.8) is 0 Å². The Balaban J connectivity index is 2.02. The van der Waals surface area contributed by atoms with Crippen molar-refractivity contribution < 1.29 is 13.5 Å². The van der Waals surface area contributed by atoms with Crippen molar-refractivity contribution in [3.8, 4) is 11.8 Å².